The number of hydrogen-bond donors (Lipinski definition) is 0. The summed E-state index contributed by atoms with van der Waals surface area (Å²) in [6, 6.07) is 19.9. The molecule has 0 saturated carbocycles. The van der Waals surface area contributed by atoms with Crippen LogP contribution in [0.25, 0.3) is 22.0 Å². The van der Waals surface area contributed by atoms with Crippen LogP contribution >= 0.6 is 11.3 Å². The molecule has 0 atom stereocenters. The fourth-order valence-corrected chi connectivity index (χ4v) is 6.65. The Hall–Kier alpha value is -2.74. The van der Waals surface area contributed by atoms with Crippen molar-refractivity contribution >= 4 is 21.4 Å². The molecule has 0 fully saturated rings. The lowest BCUT2D eigenvalue weighted by molar-refractivity contribution is 0.391. The van der Waals surface area contributed by atoms with Crippen LogP contribution in [0.3, 0.4) is 0 Å². The first kappa shape index (κ1) is 20.2. The summed E-state index contributed by atoms with van der Waals surface area (Å²) in [7, 11) is -1.70. The van der Waals surface area contributed by atoms with E-state index in [2.05, 4.69) is 6.07 Å². The van der Waals surface area contributed by atoms with Gasteiger partial charge < -0.3 is 4.57 Å². The fourth-order valence-electron chi connectivity index (χ4n) is 4.08. The molecule has 2 aromatic heterocycles. The van der Waals surface area contributed by atoms with E-state index < -0.39 is 10.0 Å². The zero-order chi connectivity index (χ0) is 21.6. The van der Waals surface area contributed by atoms with Gasteiger partial charge in [-0.2, -0.15) is 4.31 Å². The van der Waals surface area contributed by atoms with Crippen LogP contribution < -0.4 is 0 Å². The third-order valence-electron chi connectivity index (χ3n) is 6.00. The van der Waals surface area contributed by atoms with E-state index in [1.807, 2.05) is 72.4 Å². The molecule has 31 heavy (non-hydrogen) atoms. The summed E-state index contributed by atoms with van der Waals surface area (Å²) in [5.41, 5.74) is 5.81. The molecule has 1 aliphatic heterocycles. The molecule has 0 amide bonds. The van der Waals surface area contributed by atoms with Crippen LogP contribution in [0.1, 0.15) is 16.8 Å². The van der Waals surface area contributed by atoms with Gasteiger partial charge in [-0.1, -0.05) is 54.6 Å². The normalized spacial score (nSPS) is 14.5. The zero-order valence-corrected chi connectivity index (χ0v) is 19.1. The number of aromatic nitrogens is 2. The van der Waals surface area contributed by atoms with Crippen molar-refractivity contribution in [2.75, 3.05) is 6.54 Å². The lowest BCUT2D eigenvalue weighted by Gasteiger charge is -2.28. The van der Waals surface area contributed by atoms with Gasteiger partial charge in [-0.3, -0.25) is 0 Å². The Morgan fingerprint density at radius 3 is 2.48 bits per heavy atom. The third kappa shape index (κ3) is 3.52. The molecule has 3 heterocycles. The molecule has 158 valence electrons. The van der Waals surface area contributed by atoms with E-state index in [-0.39, 0.29) is 0 Å². The summed E-state index contributed by atoms with van der Waals surface area (Å²) in [5, 5.41) is 2.83. The summed E-state index contributed by atoms with van der Waals surface area (Å²) in [4.78, 5) is 5.14. The topological polar surface area (TPSA) is 55.2 Å². The van der Waals surface area contributed by atoms with Crippen molar-refractivity contribution in [1.29, 1.82) is 0 Å². The molecule has 0 bridgehead atoms. The molecule has 0 spiro atoms. The highest BCUT2D eigenvalue weighted by molar-refractivity contribution is 7.89. The number of rotatable bonds is 4. The second kappa shape index (κ2) is 7.75. The van der Waals surface area contributed by atoms with Gasteiger partial charge in [-0.05, 0) is 30.5 Å². The lowest BCUT2D eigenvalue weighted by atomic mass is 10.0. The maximum absolute atomic E-state index is 13.5. The second-order valence-corrected chi connectivity index (χ2v) is 10.6. The molecule has 7 heteroatoms. The Bertz CT molecular complexity index is 1350. The van der Waals surface area contributed by atoms with E-state index in [1.165, 1.54) is 16.9 Å². The van der Waals surface area contributed by atoms with Crippen molar-refractivity contribution in [2.45, 2.75) is 24.8 Å². The molecule has 0 N–H and O–H groups in total. The number of nitrogens with zero attached hydrogens (tertiary/aromatic N) is 3. The van der Waals surface area contributed by atoms with Crippen molar-refractivity contribution in [3.05, 3.63) is 82.9 Å². The number of thiazole rings is 1. The predicted molar refractivity (Wildman–Crippen MR) is 124 cm³/mol. The van der Waals surface area contributed by atoms with Gasteiger partial charge in [0.05, 0.1) is 11.4 Å². The standard InChI is InChI=1S/C24H23N3O2S2/c1-17-23(31(28,29)27-13-12-18-8-6-7-11-20(18)15-27)14-22(26(17)2)24-25-21(16-30-24)19-9-4-3-5-10-19/h3-11,14,16H,12-13,15H2,1-2H3. The monoisotopic (exact) mass is 449 g/mol. The van der Waals surface area contributed by atoms with Gasteiger partial charge in [0.15, 0.2) is 0 Å². The van der Waals surface area contributed by atoms with Gasteiger partial charge >= 0.3 is 0 Å². The van der Waals surface area contributed by atoms with E-state index in [1.54, 1.807) is 10.4 Å². The largest absolute Gasteiger partial charge is 0.345 e. The summed E-state index contributed by atoms with van der Waals surface area (Å²) in [5.74, 6) is 0. The Morgan fingerprint density at radius 2 is 1.71 bits per heavy atom. The van der Waals surface area contributed by atoms with E-state index in [0.29, 0.717) is 18.0 Å². The highest BCUT2D eigenvalue weighted by Gasteiger charge is 2.31. The van der Waals surface area contributed by atoms with Crippen molar-refractivity contribution in [3.63, 3.8) is 0 Å². The molecular formula is C24H23N3O2S2. The van der Waals surface area contributed by atoms with Crippen LogP contribution in [-0.2, 0) is 30.0 Å². The van der Waals surface area contributed by atoms with Gasteiger partial charge in [0, 0.05) is 36.8 Å². The number of hydrogen-bond acceptors (Lipinski definition) is 4. The zero-order valence-electron chi connectivity index (χ0n) is 17.4. The smallest absolute Gasteiger partial charge is 0.245 e. The first-order chi connectivity index (χ1) is 14.9. The summed E-state index contributed by atoms with van der Waals surface area (Å²) in [6.45, 7) is 2.77. The Balaban J connectivity index is 1.50. The minimum Gasteiger partial charge on any atom is -0.345 e. The summed E-state index contributed by atoms with van der Waals surface area (Å²) in [6.07, 6.45) is 0.737. The van der Waals surface area contributed by atoms with Gasteiger partial charge in [-0.25, -0.2) is 13.4 Å². The van der Waals surface area contributed by atoms with Gasteiger partial charge in [0.2, 0.25) is 10.0 Å². The predicted octanol–water partition coefficient (Wildman–Crippen LogP) is 4.87. The molecule has 0 radical (unpaired) electrons. The minimum atomic E-state index is -3.60. The quantitative estimate of drug-likeness (QED) is 0.447. The van der Waals surface area contributed by atoms with Crippen LogP contribution in [-0.4, -0.2) is 28.8 Å². The number of benzene rings is 2. The molecule has 4 aromatic rings. The van der Waals surface area contributed by atoms with Crippen LogP contribution in [0, 0.1) is 6.92 Å². The SMILES string of the molecule is Cc1c(S(=O)(=O)N2CCc3ccccc3C2)cc(-c2nc(-c3ccccc3)cs2)n1C. The van der Waals surface area contributed by atoms with E-state index in [9.17, 15) is 8.42 Å². The Morgan fingerprint density at radius 1 is 1.00 bits per heavy atom. The van der Waals surface area contributed by atoms with Gasteiger partial charge in [-0.15, -0.1) is 11.3 Å². The minimum absolute atomic E-state index is 0.362. The van der Waals surface area contributed by atoms with E-state index in [4.69, 9.17) is 4.98 Å². The van der Waals surface area contributed by atoms with Crippen molar-refractivity contribution < 1.29 is 8.42 Å². The van der Waals surface area contributed by atoms with Gasteiger partial charge in [0.25, 0.3) is 0 Å². The Labute approximate surface area is 186 Å². The van der Waals surface area contributed by atoms with Crippen LogP contribution in [0.15, 0.2) is 70.9 Å². The van der Waals surface area contributed by atoms with Crippen LogP contribution in [0.2, 0.25) is 0 Å². The average molecular weight is 450 g/mol. The van der Waals surface area contributed by atoms with Crippen molar-refractivity contribution in [2.24, 2.45) is 7.05 Å². The van der Waals surface area contributed by atoms with Crippen molar-refractivity contribution in [3.8, 4) is 22.0 Å². The van der Waals surface area contributed by atoms with Crippen LogP contribution in [0.5, 0.6) is 0 Å². The average Bonchev–Trinajstić information content (AvgIpc) is 3.39. The maximum atomic E-state index is 13.5. The molecular weight excluding hydrogens is 426 g/mol. The first-order valence-corrected chi connectivity index (χ1v) is 12.5. The second-order valence-electron chi connectivity index (χ2n) is 7.80. The molecule has 5 rings (SSSR count). The Kier molecular flexibility index (Phi) is 5.04. The van der Waals surface area contributed by atoms with E-state index >= 15 is 0 Å². The summed E-state index contributed by atoms with van der Waals surface area (Å²) >= 11 is 1.53. The van der Waals surface area contributed by atoms with E-state index in [0.717, 1.165) is 39.6 Å². The number of fused-ring (bicyclic) bond motifs is 1. The summed E-state index contributed by atoms with van der Waals surface area (Å²) < 4.78 is 30.6. The molecule has 5 nitrogen and oxygen atoms in total. The maximum Gasteiger partial charge on any atom is 0.245 e. The molecule has 1 aliphatic rings. The lowest BCUT2D eigenvalue weighted by Crippen LogP contribution is -2.36. The fraction of sp³-hybridized carbons (Fsp3) is 0.208. The molecule has 2 aromatic carbocycles. The first-order valence-electron chi connectivity index (χ1n) is 10.2. The molecule has 0 aliphatic carbocycles. The highest BCUT2D eigenvalue weighted by atomic mass is 32.2. The third-order valence-corrected chi connectivity index (χ3v) is 8.82. The highest BCUT2D eigenvalue weighted by Crippen LogP contribution is 2.34. The van der Waals surface area contributed by atoms with Crippen LogP contribution in [0.4, 0.5) is 0 Å². The number of sulfonamides is 1. The molecule has 0 saturated heterocycles. The van der Waals surface area contributed by atoms with Gasteiger partial charge in [0.1, 0.15) is 9.90 Å². The van der Waals surface area contributed by atoms with Crippen molar-refractivity contribution in [1.82, 2.24) is 13.9 Å². The molecule has 0 unspecified atom stereocenters.